The zero-order valence-corrected chi connectivity index (χ0v) is 15.5. The first-order valence-electron chi connectivity index (χ1n) is 9.47. The molecular weight excluding hydrogens is 334 g/mol. The smallest absolute Gasteiger partial charge is 0.231 e. The van der Waals surface area contributed by atoms with Crippen molar-refractivity contribution in [2.45, 2.75) is 26.2 Å². The Bertz CT molecular complexity index is 590. The Morgan fingerprint density at radius 1 is 1.19 bits per heavy atom. The minimum atomic E-state index is 0.272. The number of hydrogen-bond donors (Lipinski definition) is 2. The molecule has 0 spiro atoms. The van der Waals surface area contributed by atoms with E-state index in [0.29, 0.717) is 13.2 Å². The quantitative estimate of drug-likeness (QED) is 0.357. The van der Waals surface area contributed by atoms with Gasteiger partial charge < -0.3 is 29.6 Å². The third-order valence-electron chi connectivity index (χ3n) is 4.12. The largest absolute Gasteiger partial charge is 0.492 e. The van der Waals surface area contributed by atoms with E-state index in [1.165, 1.54) is 12.8 Å². The molecule has 1 heterocycles. The van der Waals surface area contributed by atoms with Crippen LogP contribution in [0.3, 0.4) is 0 Å². The average Bonchev–Trinajstić information content (AvgIpc) is 3.36. The highest BCUT2D eigenvalue weighted by atomic mass is 16.7. The summed E-state index contributed by atoms with van der Waals surface area (Å²) < 4.78 is 22.0. The number of ether oxygens (including phenoxy) is 4. The molecule has 26 heavy (non-hydrogen) atoms. The van der Waals surface area contributed by atoms with Crippen molar-refractivity contribution in [1.29, 1.82) is 0 Å². The van der Waals surface area contributed by atoms with Crippen molar-refractivity contribution < 1.29 is 18.9 Å². The summed E-state index contributed by atoms with van der Waals surface area (Å²) in [7, 11) is 0. The van der Waals surface area contributed by atoms with Crippen molar-refractivity contribution in [3.8, 4) is 17.2 Å². The Hall–Kier alpha value is -2.15. The van der Waals surface area contributed by atoms with Crippen LogP contribution in [0, 0.1) is 5.92 Å². The third kappa shape index (κ3) is 6.29. The van der Waals surface area contributed by atoms with E-state index in [1.807, 2.05) is 18.2 Å². The number of rotatable bonds is 11. The van der Waals surface area contributed by atoms with Gasteiger partial charge in [0.2, 0.25) is 6.79 Å². The summed E-state index contributed by atoms with van der Waals surface area (Å²) in [6, 6.07) is 5.60. The molecule has 0 aromatic heterocycles. The van der Waals surface area contributed by atoms with Crippen molar-refractivity contribution in [2.75, 3.05) is 46.2 Å². The SMILES string of the molecule is CCNC(=NCCCOCC1CC1)NCCOc1ccc2c(c1)OCO2. The van der Waals surface area contributed by atoms with Crippen LogP contribution in [0.1, 0.15) is 26.2 Å². The molecule has 0 unspecified atom stereocenters. The van der Waals surface area contributed by atoms with Gasteiger partial charge in [0.1, 0.15) is 12.4 Å². The topological polar surface area (TPSA) is 73.3 Å². The fourth-order valence-electron chi connectivity index (χ4n) is 2.54. The third-order valence-corrected chi connectivity index (χ3v) is 4.12. The highest BCUT2D eigenvalue weighted by molar-refractivity contribution is 5.79. The second-order valence-electron chi connectivity index (χ2n) is 6.42. The van der Waals surface area contributed by atoms with E-state index < -0.39 is 0 Å². The lowest BCUT2D eigenvalue weighted by atomic mass is 10.3. The van der Waals surface area contributed by atoms with Gasteiger partial charge in [0.05, 0.1) is 6.54 Å². The van der Waals surface area contributed by atoms with Crippen molar-refractivity contribution in [2.24, 2.45) is 10.9 Å². The van der Waals surface area contributed by atoms with Gasteiger partial charge in [0.25, 0.3) is 0 Å². The molecule has 1 fully saturated rings. The molecule has 0 atom stereocenters. The van der Waals surface area contributed by atoms with Crippen LogP contribution in [0.5, 0.6) is 17.2 Å². The number of nitrogens with zero attached hydrogens (tertiary/aromatic N) is 1. The van der Waals surface area contributed by atoms with E-state index in [9.17, 15) is 0 Å². The fraction of sp³-hybridized carbons (Fsp3) is 0.632. The average molecular weight is 363 g/mol. The van der Waals surface area contributed by atoms with Crippen LogP contribution in [-0.4, -0.2) is 52.2 Å². The number of hydrogen-bond acceptors (Lipinski definition) is 5. The molecule has 1 aliphatic carbocycles. The van der Waals surface area contributed by atoms with E-state index in [4.69, 9.17) is 18.9 Å². The summed E-state index contributed by atoms with van der Waals surface area (Å²) in [5, 5.41) is 6.52. The molecule has 2 N–H and O–H groups in total. The Kier molecular flexibility index (Phi) is 7.25. The van der Waals surface area contributed by atoms with Crippen molar-refractivity contribution in [1.82, 2.24) is 10.6 Å². The molecule has 7 nitrogen and oxygen atoms in total. The molecule has 2 aliphatic rings. The summed E-state index contributed by atoms with van der Waals surface area (Å²) in [5.74, 6) is 3.89. The minimum absolute atomic E-state index is 0.272. The molecule has 0 bridgehead atoms. The molecule has 144 valence electrons. The summed E-state index contributed by atoms with van der Waals surface area (Å²) >= 11 is 0. The Morgan fingerprint density at radius 2 is 2.08 bits per heavy atom. The fourth-order valence-corrected chi connectivity index (χ4v) is 2.54. The van der Waals surface area contributed by atoms with Gasteiger partial charge >= 0.3 is 0 Å². The Labute approximate surface area is 155 Å². The molecule has 0 amide bonds. The summed E-state index contributed by atoms with van der Waals surface area (Å²) in [5.41, 5.74) is 0. The lowest BCUT2D eigenvalue weighted by Crippen LogP contribution is -2.39. The highest BCUT2D eigenvalue weighted by Crippen LogP contribution is 2.35. The minimum Gasteiger partial charge on any atom is -0.492 e. The second-order valence-corrected chi connectivity index (χ2v) is 6.42. The highest BCUT2D eigenvalue weighted by Gasteiger charge is 2.20. The second kappa shape index (κ2) is 10.1. The molecule has 0 radical (unpaired) electrons. The van der Waals surface area contributed by atoms with Gasteiger partial charge in [0, 0.05) is 32.4 Å². The molecule has 7 heteroatoms. The number of aliphatic imine (C=N–C) groups is 1. The lowest BCUT2D eigenvalue weighted by molar-refractivity contribution is 0.123. The lowest BCUT2D eigenvalue weighted by Gasteiger charge is -2.12. The van der Waals surface area contributed by atoms with E-state index in [1.54, 1.807) is 0 Å². The molecule has 1 aromatic rings. The van der Waals surface area contributed by atoms with Crippen LogP contribution in [0.15, 0.2) is 23.2 Å². The predicted octanol–water partition coefficient (Wildman–Crippen LogP) is 2.17. The zero-order chi connectivity index (χ0) is 18.0. The van der Waals surface area contributed by atoms with Gasteiger partial charge in [-0.25, -0.2) is 0 Å². The van der Waals surface area contributed by atoms with Gasteiger partial charge in [0.15, 0.2) is 17.5 Å². The summed E-state index contributed by atoms with van der Waals surface area (Å²) in [6.07, 6.45) is 3.61. The van der Waals surface area contributed by atoms with Gasteiger partial charge in [-0.2, -0.15) is 0 Å². The predicted molar refractivity (Wildman–Crippen MR) is 100 cm³/mol. The molecule has 0 saturated heterocycles. The van der Waals surface area contributed by atoms with E-state index >= 15 is 0 Å². The van der Waals surface area contributed by atoms with Gasteiger partial charge in [-0.3, -0.25) is 4.99 Å². The Morgan fingerprint density at radius 3 is 2.92 bits per heavy atom. The van der Waals surface area contributed by atoms with Crippen LogP contribution in [-0.2, 0) is 4.74 Å². The van der Waals surface area contributed by atoms with Crippen LogP contribution < -0.4 is 24.8 Å². The Balaban J connectivity index is 1.30. The summed E-state index contributed by atoms with van der Waals surface area (Å²) in [6.45, 7) is 6.81. The van der Waals surface area contributed by atoms with Crippen molar-refractivity contribution in [3.63, 3.8) is 0 Å². The van der Waals surface area contributed by atoms with E-state index in [2.05, 4.69) is 22.5 Å². The molecule has 1 aromatic carbocycles. The van der Waals surface area contributed by atoms with E-state index in [0.717, 1.165) is 61.9 Å². The van der Waals surface area contributed by atoms with Crippen LogP contribution in [0.2, 0.25) is 0 Å². The first kappa shape index (κ1) is 18.6. The monoisotopic (exact) mass is 363 g/mol. The number of benzene rings is 1. The van der Waals surface area contributed by atoms with E-state index in [-0.39, 0.29) is 6.79 Å². The standard InChI is InChI=1S/C19H29N3O4/c1-2-20-19(21-8-3-10-23-13-15-4-5-15)22-9-11-24-16-6-7-17-18(12-16)26-14-25-17/h6-7,12,15H,2-5,8-11,13-14H2,1H3,(H2,20,21,22). The number of fused-ring (bicyclic) bond motifs is 1. The van der Waals surface area contributed by atoms with Crippen molar-refractivity contribution in [3.05, 3.63) is 18.2 Å². The number of guanidine groups is 1. The van der Waals surface area contributed by atoms with Crippen LogP contribution in [0.25, 0.3) is 0 Å². The maximum absolute atomic E-state index is 5.74. The maximum atomic E-state index is 5.74. The molecular formula is C19H29N3O4. The van der Waals surface area contributed by atoms with Crippen molar-refractivity contribution >= 4 is 5.96 Å². The maximum Gasteiger partial charge on any atom is 0.231 e. The summed E-state index contributed by atoms with van der Waals surface area (Å²) in [4.78, 5) is 4.56. The molecule has 3 rings (SSSR count). The molecule has 1 aliphatic heterocycles. The van der Waals surface area contributed by atoms with Crippen LogP contribution >= 0.6 is 0 Å². The number of nitrogens with one attached hydrogen (secondary N) is 2. The van der Waals surface area contributed by atoms with Gasteiger partial charge in [-0.1, -0.05) is 0 Å². The normalized spacial score (nSPS) is 15.8. The molecule has 1 saturated carbocycles. The van der Waals surface area contributed by atoms with Gasteiger partial charge in [-0.05, 0) is 44.2 Å². The van der Waals surface area contributed by atoms with Crippen LogP contribution in [0.4, 0.5) is 0 Å². The first-order chi connectivity index (χ1) is 12.8. The zero-order valence-electron chi connectivity index (χ0n) is 15.5. The van der Waals surface area contributed by atoms with Gasteiger partial charge in [-0.15, -0.1) is 0 Å². The first-order valence-corrected chi connectivity index (χ1v) is 9.47.